The number of amides is 1. The monoisotopic (exact) mass is 305 g/mol. The second-order valence-corrected chi connectivity index (χ2v) is 4.26. The van der Waals surface area contributed by atoms with Crippen molar-refractivity contribution in [2.75, 3.05) is 18.5 Å². The molecule has 0 aromatic carbocycles. The van der Waals surface area contributed by atoms with Crippen LogP contribution < -0.4 is 5.32 Å². The first-order chi connectivity index (χ1) is 7.22. The lowest BCUT2D eigenvalue weighted by Crippen LogP contribution is -2.48. The molecule has 0 saturated heterocycles. The van der Waals surface area contributed by atoms with Gasteiger partial charge in [0.05, 0.1) is 0 Å². The SMILES string of the molecule is CCC(C)(CBr)NC(=O)COCC(F)(F)F. The van der Waals surface area contributed by atoms with Crippen molar-refractivity contribution in [3.8, 4) is 0 Å². The Morgan fingerprint density at radius 1 is 1.44 bits per heavy atom. The van der Waals surface area contributed by atoms with Crippen LogP contribution in [0.4, 0.5) is 13.2 Å². The number of carbonyl (C=O) groups excluding carboxylic acids is 1. The van der Waals surface area contributed by atoms with Crippen LogP contribution in [0.5, 0.6) is 0 Å². The highest BCUT2D eigenvalue weighted by molar-refractivity contribution is 9.09. The molecular formula is C9H15BrF3NO2. The lowest BCUT2D eigenvalue weighted by Gasteiger charge is -2.27. The van der Waals surface area contributed by atoms with Crippen LogP contribution in [0.1, 0.15) is 20.3 Å². The summed E-state index contributed by atoms with van der Waals surface area (Å²) in [5.41, 5.74) is -0.460. The van der Waals surface area contributed by atoms with Crippen LogP contribution in [-0.4, -0.2) is 36.2 Å². The highest BCUT2D eigenvalue weighted by atomic mass is 79.9. The van der Waals surface area contributed by atoms with E-state index in [4.69, 9.17) is 0 Å². The smallest absolute Gasteiger partial charge is 0.362 e. The van der Waals surface area contributed by atoms with Crippen LogP contribution in [0.2, 0.25) is 0 Å². The molecule has 0 aliphatic carbocycles. The Bertz CT molecular complexity index is 229. The number of alkyl halides is 4. The third kappa shape index (κ3) is 7.05. The number of hydrogen-bond acceptors (Lipinski definition) is 2. The highest BCUT2D eigenvalue weighted by Gasteiger charge is 2.28. The van der Waals surface area contributed by atoms with E-state index in [-0.39, 0.29) is 0 Å². The molecule has 7 heteroatoms. The zero-order valence-electron chi connectivity index (χ0n) is 9.16. The molecular weight excluding hydrogens is 291 g/mol. The Balaban J connectivity index is 3.91. The van der Waals surface area contributed by atoms with Crippen molar-refractivity contribution >= 4 is 21.8 Å². The molecule has 0 aromatic rings. The maximum Gasteiger partial charge on any atom is 0.411 e. The van der Waals surface area contributed by atoms with Crippen LogP contribution in [-0.2, 0) is 9.53 Å². The number of halogens is 4. The molecule has 0 aliphatic heterocycles. The van der Waals surface area contributed by atoms with Gasteiger partial charge in [0.25, 0.3) is 0 Å². The van der Waals surface area contributed by atoms with E-state index in [1.54, 1.807) is 6.92 Å². The molecule has 0 spiro atoms. The van der Waals surface area contributed by atoms with Gasteiger partial charge in [-0.2, -0.15) is 13.2 Å². The summed E-state index contributed by atoms with van der Waals surface area (Å²) in [5, 5.41) is 3.13. The van der Waals surface area contributed by atoms with Crippen molar-refractivity contribution in [1.29, 1.82) is 0 Å². The van der Waals surface area contributed by atoms with Gasteiger partial charge in [-0.3, -0.25) is 4.79 Å². The van der Waals surface area contributed by atoms with Crippen molar-refractivity contribution in [2.45, 2.75) is 32.0 Å². The Kier molecular flexibility index (Phi) is 6.32. The molecule has 0 radical (unpaired) electrons. The summed E-state index contributed by atoms with van der Waals surface area (Å²) in [5.74, 6) is -0.548. The van der Waals surface area contributed by atoms with Gasteiger partial charge in [0.15, 0.2) is 0 Å². The van der Waals surface area contributed by atoms with Gasteiger partial charge in [-0.1, -0.05) is 22.9 Å². The third-order valence-corrected chi connectivity index (χ3v) is 3.25. The van der Waals surface area contributed by atoms with Crippen molar-refractivity contribution in [3.63, 3.8) is 0 Å². The molecule has 1 amide bonds. The maximum absolute atomic E-state index is 11.7. The first-order valence-corrected chi connectivity index (χ1v) is 5.86. The average molecular weight is 306 g/mol. The lowest BCUT2D eigenvalue weighted by molar-refractivity contribution is -0.175. The van der Waals surface area contributed by atoms with Gasteiger partial charge in [0.1, 0.15) is 13.2 Å². The third-order valence-electron chi connectivity index (χ3n) is 2.02. The summed E-state index contributed by atoms with van der Waals surface area (Å²) < 4.78 is 39.4. The normalized spacial score (nSPS) is 15.6. The van der Waals surface area contributed by atoms with Crippen LogP contribution in [0.15, 0.2) is 0 Å². The molecule has 1 atom stereocenters. The van der Waals surface area contributed by atoms with E-state index < -0.39 is 30.8 Å². The maximum atomic E-state index is 11.7. The van der Waals surface area contributed by atoms with Gasteiger partial charge >= 0.3 is 6.18 Å². The molecule has 1 unspecified atom stereocenters. The van der Waals surface area contributed by atoms with E-state index >= 15 is 0 Å². The van der Waals surface area contributed by atoms with E-state index in [9.17, 15) is 18.0 Å². The lowest BCUT2D eigenvalue weighted by atomic mass is 10.0. The minimum Gasteiger partial charge on any atom is -0.362 e. The van der Waals surface area contributed by atoms with E-state index in [1.165, 1.54) is 0 Å². The summed E-state index contributed by atoms with van der Waals surface area (Å²) in [4.78, 5) is 11.2. The Morgan fingerprint density at radius 2 is 2.00 bits per heavy atom. The van der Waals surface area contributed by atoms with Gasteiger partial charge in [-0.05, 0) is 13.3 Å². The zero-order valence-corrected chi connectivity index (χ0v) is 10.7. The van der Waals surface area contributed by atoms with E-state index in [2.05, 4.69) is 26.0 Å². The number of rotatable bonds is 6. The quantitative estimate of drug-likeness (QED) is 0.764. The predicted molar refractivity (Wildman–Crippen MR) is 57.5 cm³/mol. The molecule has 96 valence electrons. The van der Waals surface area contributed by atoms with E-state index in [0.29, 0.717) is 11.8 Å². The molecule has 3 nitrogen and oxygen atoms in total. The van der Waals surface area contributed by atoms with Gasteiger partial charge < -0.3 is 10.1 Å². The Labute approximate surface area is 101 Å². The van der Waals surface area contributed by atoms with Crippen molar-refractivity contribution in [2.24, 2.45) is 0 Å². The summed E-state index contributed by atoms with van der Waals surface area (Å²) in [6.45, 7) is 1.68. The fourth-order valence-electron chi connectivity index (χ4n) is 0.848. The van der Waals surface area contributed by atoms with Crippen LogP contribution in [0, 0.1) is 0 Å². The largest absolute Gasteiger partial charge is 0.411 e. The van der Waals surface area contributed by atoms with Gasteiger partial charge in [-0.15, -0.1) is 0 Å². The Hall–Kier alpha value is -0.300. The van der Waals surface area contributed by atoms with Gasteiger partial charge in [0, 0.05) is 10.9 Å². The first kappa shape index (κ1) is 15.7. The first-order valence-electron chi connectivity index (χ1n) is 4.74. The molecule has 0 aliphatic rings. The summed E-state index contributed by atoms with van der Waals surface area (Å²) in [6, 6.07) is 0. The zero-order chi connectivity index (χ0) is 12.8. The molecule has 0 saturated carbocycles. The number of hydrogen-bond donors (Lipinski definition) is 1. The van der Waals surface area contributed by atoms with Crippen molar-refractivity contribution in [1.82, 2.24) is 5.32 Å². The number of ether oxygens (including phenoxy) is 1. The van der Waals surface area contributed by atoms with E-state index in [1.807, 2.05) is 6.92 Å². The highest BCUT2D eigenvalue weighted by Crippen LogP contribution is 2.15. The summed E-state index contributed by atoms with van der Waals surface area (Å²) in [6.07, 6.45) is -3.73. The van der Waals surface area contributed by atoms with Crippen molar-refractivity contribution < 1.29 is 22.7 Å². The van der Waals surface area contributed by atoms with Gasteiger partial charge in [-0.25, -0.2) is 0 Å². The predicted octanol–water partition coefficient (Wildman–Crippen LogP) is 2.25. The second-order valence-electron chi connectivity index (χ2n) is 3.70. The minimum absolute atomic E-state index is 0.460. The Morgan fingerprint density at radius 3 is 2.38 bits per heavy atom. The van der Waals surface area contributed by atoms with Crippen LogP contribution in [0.3, 0.4) is 0 Å². The molecule has 0 rings (SSSR count). The molecule has 0 heterocycles. The minimum atomic E-state index is -4.40. The van der Waals surface area contributed by atoms with Gasteiger partial charge in [0.2, 0.25) is 5.91 Å². The number of carbonyl (C=O) groups is 1. The molecule has 0 aromatic heterocycles. The average Bonchev–Trinajstić information content (AvgIpc) is 2.15. The fourth-order valence-corrected chi connectivity index (χ4v) is 1.39. The van der Waals surface area contributed by atoms with Crippen LogP contribution in [0.25, 0.3) is 0 Å². The standard InChI is InChI=1S/C9H15BrF3NO2/c1-3-8(2,5-10)14-7(15)4-16-6-9(11,12)13/h3-6H2,1-2H3,(H,14,15). The molecule has 16 heavy (non-hydrogen) atoms. The van der Waals surface area contributed by atoms with Crippen molar-refractivity contribution in [3.05, 3.63) is 0 Å². The summed E-state index contributed by atoms with van der Waals surface area (Å²) >= 11 is 3.23. The molecule has 0 fully saturated rings. The number of nitrogens with one attached hydrogen (secondary N) is 1. The molecule has 1 N–H and O–H groups in total. The van der Waals surface area contributed by atoms with Crippen LogP contribution >= 0.6 is 15.9 Å². The topological polar surface area (TPSA) is 38.3 Å². The fraction of sp³-hybridized carbons (Fsp3) is 0.889. The second kappa shape index (κ2) is 6.44. The van der Waals surface area contributed by atoms with E-state index in [0.717, 1.165) is 0 Å². The summed E-state index contributed by atoms with van der Waals surface area (Å²) in [7, 11) is 0. The molecule has 0 bridgehead atoms.